The first kappa shape index (κ1) is 11.9. The van der Waals surface area contributed by atoms with E-state index in [1.807, 2.05) is 14.1 Å². The minimum atomic E-state index is 0.895. The lowest BCUT2D eigenvalue weighted by molar-refractivity contribution is 0.292. The molecule has 0 saturated carbocycles. The molecule has 1 aliphatic rings. The van der Waals surface area contributed by atoms with Gasteiger partial charge in [-0.15, -0.1) is 0 Å². The monoisotopic (exact) mass is 172 g/mol. The van der Waals surface area contributed by atoms with Gasteiger partial charge in [0.1, 0.15) is 0 Å². The van der Waals surface area contributed by atoms with Crippen molar-refractivity contribution in [2.75, 3.05) is 27.2 Å². The van der Waals surface area contributed by atoms with E-state index in [2.05, 4.69) is 24.5 Å². The van der Waals surface area contributed by atoms with Crippen molar-refractivity contribution >= 4 is 0 Å². The van der Waals surface area contributed by atoms with Crippen LogP contribution < -0.4 is 10.6 Å². The fourth-order valence-corrected chi connectivity index (χ4v) is 1.51. The van der Waals surface area contributed by atoms with E-state index in [0.29, 0.717) is 0 Å². The van der Waals surface area contributed by atoms with Crippen LogP contribution in [0.4, 0.5) is 0 Å². The molecule has 0 aromatic rings. The summed E-state index contributed by atoms with van der Waals surface area (Å²) in [6.07, 6.45) is 2.77. The largest absolute Gasteiger partial charge is 0.323 e. The Hall–Kier alpha value is -0.0800. The van der Waals surface area contributed by atoms with Crippen molar-refractivity contribution in [3.63, 3.8) is 0 Å². The SMILES string of the molecule is CC(C)C1CCNCC1.CNC. The van der Waals surface area contributed by atoms with Gasteiger partial charge in [-0.05, 0) is 51.9 Å². The highest BCUT2D eigenvalue weighted by atomic mass is 14.9. The standard InChI is InChI=1S/C8H17N.C2H7N/c1-7(2)8-3-5-9-6-4-8;1-3-2/h7-9H,3-6H2,1-2H3;3H,1-2H3. The molecule has 0 bridgehead atoms. The van der Waals surface area contributed by atoms with Crippen molar-refractivity contribution < 1.29 is 0 Å². The summed E-state index contributed by atoms with van der Waals surface area (Å²) in [7, 11) is 3.75. The summed E-state index contributed by atoms with van der Waals surface area (Å²) in [5.74, 6) is 1.89. The second kappa shape index (κ2) is 7.56. The maximum absolute atomic E-state index is 3.37. The van der Waals surface area contributed by atoms with Crippen LogP contribution in [0.5, 0.6) is 0 Å². The smallest absolute Gasteiger partial charge is 0.00462 e. The van der Waals surface area contributed by atoms with Crippen molar-refractivity contribution in [1.82, 2.24) is 10.6 Å². The average molecular weight is 172 g/mol. The zero-order valence-electron chi connectivity index (χ0n) is 8.98. The lowest BCUT2D eigenvalue weighted by atomic mass is 9.87. The third-order valence-corrected chi connectivity index (χ3v) is 2.33. The van der Waals surface area contributed by atoms with Crippen LogP contribution in [-0.2, 0) is 0 Å². The van der Waals surface area contributed by atoms with Crippen molar-refractivity contribution in [3.8, 4) is 0 Å². The van der Waals surface area contributed by atoms with Gasteiger partial charge in [0.2, 0.25) is 0 Å². The summed E-state index contributed by atoms with van der Waals surface area (Å²) >= 11 is 0. The summed E-state index contributed by atoms with van der Waals surface area (Å²) < 4.78 is 0. The zero-order chi connectivity index (χ0) is 9.40. The maximum Gasteiger partial charge on any atom is -0.00462 e. The molecule has 2 N–H and O–H groups in total. The van der Waals surface area contributed by atoms with E-state index in [0.717, 1.165) is 11.8 Å². The van der Waals surface area contributed by atoms with E-state index in [4.69, 9.17) is 0 Å². The molecule has 0 amide bonds. The van der Waals surface area contributed by atoms with E-state index in [1.165, 1.54) is 25.9 Å². The van der Waals surface area contributed by atoms with Crippen LogP contribution in [0.3, 0.4) is 0 Å². The van der Waals surface area contributed by atoms with Crippen LogP contribution in [0.15, 0.2) is 0 Å². The Kier molecular flexibility index (Phi) is 7.51. The molecule has 0 aliphatic carbocycles. The Labute approximate surface area is 77.1 Å². The van der Waals surface area contributed by atoms with Gasteiger partial charge in [-0.25, -0.2) is 0 Å². The fourth-order valence-electron chi connectivity index (χ4n) is 1.51. The molecule has 0 atom stereocenters. The molecular weight excluding hydrogens is 148 g/mol. The normalized spacial score (nSPS) is 18.8. The quantitative estimate of drug-likeness (QED) is 0.626. The van der Waals surface area contributed by atoms with Crippen molar-refractivity contribution in [2.24, 2.45) is 11.8 Å². The lowest BCUT2D eigenvalue weighted by Gasteiger charge is -2.25. The first-order valence-electron chi connectivity index (χ1n) is 5.01. The fraction of sp³-hybridized carbons (Fsp3) is 1.00. The maximum atomic E-state index is 3.37. The van der Waals surface area contributed by atoms with E-state index < -0.39 is 0 Å². The molecule has 74 valence electrons. The molecule has 1 fully saturated rings. The zero-order valence-corrected chi connectivity index (χ0v) is 8.98. The highest BCUT2D eigenvalue weighted by Gasteiger charge is 2.15. The molecule has 0 aromatic heterocycles. The Morgan fingerprint density at radius 2 is 1.58 bits per heavy atom. The Morgan fingerprint density at radius 1 is 1.17 bits per heavy atom. The number of hydrogen-bond donors (Lipinski definition) is 2. The highest BCUT2D eigenvalue weighted by molar-refractivity contribution is 4.70. The van der Waals surface area contributed by atoms with Gasteiger partial charge in [-0.2, -0.15) is 0 Å². The minimum absolute atomic E-state index is 0.895. The molecule has 1 rings (SSSR count). The van der Waals surface area contributed by atoms with Gasteiger partial charge < -0.3 is 10.6 Å². The molecule has 1 saturated heterocycles. The third kappa shape index (κ3) is 5.56. The molecular formula is C10H24N2. The second-order valence-electron chi connectivity index (χ2n) is 3.83. The summed E-state index contributed by atoms with van der Waals surface area (Å²) in [5, 5.41) is 6.12. The van der Waals surface area contributed by atoms with E-state index in [1.54, 1.807) is 0 Å². The van der Waals surface area contributed by atoms with Crippen LogP contribution in [0.2, 0.25) is 0 Å². The average Bonchev–Trinajstić information content (AvgIpc) is 2.07. The lowest BCUT2D eigenvalue weighted by Crippen LogP contribution is -2.29. The van der Waals surface area contributed by atoms with E-state index in [-0.39, 0.29) is 0 Å². The van der Waals surface area contributed by atoms with Crippen LogP contribution in [0, 0.1) is 11.8 Å². The van der Waals surface area contributed by atoms with Gasteiger partial charge in [-0.1, -0.05) is 13.8 Å². The number of nitrogens with one attached hydrogen (secondary N) is 2. The summed E-state index contributed by atoms with van der Waals surface area (Å²) in [5.41, 5.74) is 0. The summed E-state index contributed by atoms with van der Waals surface area (Å²) in [6, 6.07) is 0. The van der Waals surface area contributed by atoms with Gasteiger partial charge in [0.25, 0.3) is 0 Å². The molecule has 0 spiro atoms. The van der Waals surface area contributed by atoms with Crippen LogP contribution in [-0.4, -0.2) is 27.2 Å². The van der Waals surface area contributed by atoms with Crippen molar-refractivity contribution in [1.29, 1.82) is 0 Å². The van der Waals surface area contributed by atoms with Gasteiger partial charge in [-0.3, -0.25) is 0 Å². The van der Waals surface area contributed by atoms with E-state index in [9.17, 15) is 0 Å². The van der Waals surface area contributed by atoms with Crippen molar-refractivity contribution in [2.45, 2.75) is 26.7 Å². The first-order chi connectivity index (χ1) is 5.72. The topological polar surface area (TPSA) is 24.1 Å². The molecule has 0 radical (unpaired) electrons. The predicted molar refractivity (Wildman–Crippen MR) is 55.4 cm³/mol. The number of rotatable bonds is 1. The molecule has 12 heavy (non-hydrogen) atoms. The molecule has 0 unspecified atom stereocenters. The minimum Gasteiger partial charge on any atom is -0.323 e. The molecule has 2 heteroatoms. The highest BCUT2D eigenvalue weighted by Crippen LogP contribution is 2.20. The van der Waals surface area contributed by atoms with Crippen molar-refractivity contribution in [3.05, 3.63) is 0 Å². The Balaban J connectivity index is 0.000000354. The van der Waals surface area contributed by atoms with Gasteiger partial charge in [0, 0.05) is 0 Å². The van der Waals surface area contributed by atoms with Crippen LogP contribution >= 0.6 is 0 Å². The molecule has 0 aromatic carbocycles. The van der Waals surface area contributed by atoms with E-state index >= 15 is 0 Å². The Bertz CT molecular complexity index is 85.8. The van der Waals surface area contributed by atoms with Crippen LogP contribution in [0.1, 0.15) is 26.7 Å². The van der Waals surface area contributed by atoms with Crippen LogP contribution in [0.25, 0.3) is 0 Å². The van der Waals surface area contributed by atoms with Gasteiger partial charge >= 0.3 is 0 Å². The Morgan fingerprint density at radius 3 is 1.83 bits per heavy atom. The third-order valence-electron chi connectivity index (χ3n) is 2.33. The number of hydrogen-bond acceptors (Lipinski definition) is 2. The summed E-state index contributed by atoms with van der Waals surface area (Å²) in [6.45, 7) is 7.14. The van der Waals surface area contributed by atoms with Gasteiger partial charge in [0.15, 0.2) is 0 Å². The predicted octanol–water partition coefficient (Wildman–Crippen LogP) is 1.48. The first-order valence-corrected chi connectivity index (χ1v) is 5.01. The second-order valence-corrected chi connectivity index (χ2v) is 3.83. The number of piperidine rings is 1. The molecule has 1 heterocycles. The summed E-state index contributed by atoms with van der Waals surface area (Å²) in [4.78, 5) is 0. The molecule has 2 nitrogen and oxygen atoms in total. The molecule has 1 aliphatic heterocycles. The van der Waals surface area contributed by atoms with Gasteiger partial charge in [0.05, 0.1) is 0 Å².